The molecule has 1 N–H and O–H groups in total. The molecule has 2 heterocycles. The van der Waals surface area contributed by atoms with Crippen molar-refractivity contribution >= 4 is 11.8 Å². The van der Waals surface area contributed by atoms with Gasteiger partial charge in [0.15, 0.2) is 0 Å². The Kier molecular flexibility index (Phi) is 2.12. The molecule has 0 amide bonds. The molecule has 11 heavy (non-hydrogen) atoms. The van der Waals surface area contributed by atoms with Crippen molar-refractivity contribution in [2.75, 3.05) is 24.7 Å². The highest BCUT2D eigenvalue weighted by molar-refractivity contribution is 7.99. The zero-order valence-corrected chi connectivity index (χ0v) is 7.40. The van der Waals surface area contributed by atoms with E-state index < -0.39 is 0 Å². The van der Waals surface area contributed by atoms with Crippen molar-refractivity contribution in [2.45, 2.75) is 18.4 Å². The van der Waals surface area contributed by atoms with E-state index in [1.54, 1.807) is 0 Å². The summed E-state index contributed by atoms with van der Waals surface area (Å²) >= 11 is 1.86. The highest BCUT2D eigenvalue weighted by atomic mass is 32.2. The number of aliphatic hydroxyl groups is 1. The summed E-state index contributed by atoms with van der Waals surface area (Å²) in [5.74, 6) is 2.45. The first-order valence-corrected chi connectivity index (χ1v) is 5.35. The summed E-state index contributed by atoms with van der Waals surface area (Å²) in [6.07, 6.45) is 2.02. The predicted molar refractivity (Wildman–Crippen MR) is 45.8 cm³/mol. The van der Waals surface area contributed by atoms with Gasteiger partial charge in [-0.1, -0.05) is 0 Å². The van der Waals surface area contributed by atoms with E-state index in [9.17, 15) is 5.11 Å². The fourth-order valence-corrected chi connectivity index (χ4v) is 3.23. The van der Waals surface area contributed by atoms with Gasteiger partial charge in [-0.25, -0.2) is 0 Å². The molecule has 0 aromatic rings. The van der Waals surface area contributed by atoms with Crippen LogP contribution in [0.25, 0.3) is 0 Å². The second kappa shape index (κ2) is 2.96. The lowest BCUT2D eigenvalue weighted by molar-refractivity contribution is 0.00225. The number of hydrogen-bond donors (Lipinski definition) is 1. The van der Waals surface area contributed by atoms with Gasteiger partial charge in [-0.3, -0.25) is 0 Å². The average molecular weight is 174 g/mol. The molecule has 0 aliphatic carbocycles. The van der Waals surface area contributed by atoms with Gasteiger partial charge in [-0.2, -0.15) is 11.8 Å². The van der Waals surface area contributed by atoms with Crippen LogP contribution >= 0.6 is 11.8 Å². The van der Waals surface area contributed by atoms with Crippen LogP contribution < -0.4 is 0 Å². The van der Waals surface area contributed by atoms with Crippen LogP contribution in [0.4, 0.5) is 0 Å². The van der Waals surface area contributed by atoms with Crippen LogP contribution in [0.1, 0.15) is 12.8 Å². The number of hydrogen-bond acceptors (Lipinski definition) is 3. The predicted octanol–water partition coefficient (Wildman–Crippen LogP) is 0.891. The van der Waals surface area contributed by atoms with Gasteiger partial charge in [0.1, 0.15) is 0 Å². The summed E-state index contributed by atoms with van der Waals surface area (Å²) in [4.78, 5) is 0. The first-order chi connectivity index (χ1) is 5.31. The molecule has 64 valence electrons. The zero-order valence-electron chi connectivity index (χ0n) is 6.58. The molecule has 2 saturated heterocycles. The Balaban J connectivity index is 2.00. The van der Waals surface area contributed by atoms with Gasteiger partial charge in [0.2, 0.25) is 0 Å². The van der Waals surface area contributed by atoms with Crippen molar-refractivity contribution in [2.24, 2.45) is 5.92 Å². The molecular weight excluding hydrogens is 160 g/mol. The Morgan fingerprint density at radius 1 is 1.55 bits per heavy atom. The maximum Gasteiger partial charge on any atom is 0.0796 e. The summed E-state index contributed by atoms with van der Waals surface area (Å²) in [5.41, 5.74) is -0.388. The van der Waals surface area contributed by atoms with Crippen LogP contribution in [-0.2, 0) is 4.74 Å². The molecule has 0 aromatic carbocycles. The van der Waals surface area contributed by atoms with Crippen LogP contribution in [0.15, 0.2) is 0 Å². The van der Waals surface area contributed by atoms with Gasteiger partial charge >= 0.3 is 0 Å². The second-order valence-corrected chi connectivity index (χ2v) is 4.57. The second-order valence-electron chi connectivity index (χ2n) is 3.47. The molecule has 0 radical (unpaired) electrons. The van der Waals surface area contributed by atoms with Crippen LogP contribution in [0, 0.1) is 5.92 Å². The Bertz CT molecular complexity index is 137. The van der Waals surface area contributed by atoms with E-state index in [0.29, 0.717) is 5.92 Å². The Hall–Kier alpha value is 0.270. The molecule has 2 aliphatic heterocycles. The number of rotatable bonds is 1. The van der Waals surface area contributed by atoms with Gasteiger partial charge in [0.25, 0.3) is 0 Å². The van der Waals surface area contributed by atoms with E-state index in [2.05, 4.69) is 0 Å². The highest BCUT2D eigenvalue weighted by Crippen LogP contribution is 2.37. The van der Waals surface area contributed by atoms with Crippen LogP contribution in [0.5, 0.6) is 0 Å². The minimum absolute atomic E-state index is 0.388. The molecular formula is C8H14O2S. The van der Waals surface area contributed by atoms with Crippen LogP contribution in [0.2, 0.25) is 0 Å². The topological polar surface area (TPSA) is 29.5 Å². The van der Waals surface area contributed by atoms with E-state index in [0.717, 1.165) is 37.6 Å². The normalized spacial score (nSPS) is 45.0. The highest BCUT2D eigenvalue weighted by Gasteiger charge is 2.41. The smallest absolute Gasteiger partial charge is 0.0796 e. The Labute approximate surface area is 71.3 Å². The monoisotopic (exact) mass is 174 g/mol. The van der Waals surface area contributed by atoms with Crippen molar-refractivity contribution in [3.05, 3.63) is 0 Å². The fourth-order valence-electron chi connectivity index (χ4n) is 1.85. The molecule has 2 fully saturated rings. The zero-order chi connectivity index (χ0) is 7.73. The van der Waals surface area contributed by atoms with Gasteiger partial charge in [0.05, 0.1) is 12.2 Å². The van der Waals surface area contributed by atoms with E-state index >= 15 is 0 Å². The molecule has 0 aromatic heterocycles. The first kappa shape index (κ1) is 7.90. The lowest BCUT2D eigenvalue weighted by atomic mass is 9.86. The number of thioether (sulfide) groups is 1. The van der Waals surface area contributed by atoms with Crippen molar-refractivity contribution in [1.29, 1.82) is 0 Å². The van der Waals surface area contributed by atoms with Gasteiger partial charge in [-0.05, 0) is 18.6 Å². The standard InChI is InChI=1S/C8H14O2S/c9-8(2-4-11-6-8)7-1-3-10-5-7/h7,9H,1-6H2. The van der Waals surface area contributed by atoms with E-state index in [1.807, 2.05) is 11.8 Å². The van der Waals surface area contributed by atoms with Crippen LogP contribution in [0.3, 0.4) is 0 Å². The third-order valence-corrected chi connectivity index (χ3v) is 3.92. The SMILES string of the molecule is OC1(C2CCOC2)CCSC1. The third-order valence-electron chi connectivity index (χ3n) is 2.72. The quantitative estimate of drug-likeness (QED) is 0.640. The molecule has 2 aliphatic rings. The van der Waals surface area contributed by atoms with Gasteiger partial charge < -0.3 is 9.84 Å². The Morgan fingerprint density at radius 3 is 3.00 bits per heavy atom. The van der Waals surface area contributed by atoms with Crippen LogP contribution in [-0.4, -0.2) is 35.4 Å². The molecule has 3 heteroatoms. The van der Waals surface area contributed by atoms with Crippen molar-refractivity contribution in [3.63, 3.8) is 0 Å². The summed E-state index contributed by atoms with van der Waals surface area (Å²) in [6, 6.07) is 0. The van der Waals surface area contributed by atoms with Crippen molar-refractivity contribution in [3.8, 4) is 0 Å². The van der Waals surface area contributed by atoms with E-state index in [4.69, 9.17) is 4.74 Å². The molecule has 0 spiro atoms. The molecule has 2 atom stereocenters. The summed E-state index contributed by atoms with van der Waals surface area (Å²) in [7, 11) is 0. The lowest BCUT2D eigenvalue weighted by Gasteiger charge is -2.27. The lowest BCUT2D eigenvalue weighted by Crippen LogP contribution is -2.38. The first-order valence-electron chi connectivity index (χ1n) is 4.19. The van der Waals surface area contributed by atoms with Crippen molar-refractivity contribution < 1.29 is 9.84 Å². The summed E-state index contributed by atoms with van der Waals surface area (Å²) < 4.78 is 5.27. The molecule has 2 rings (SSSR count). The van der Waals surface area contributed by atoms with Gasteiger partial charge in [0, 0.05) is 18.3 Å². The average Bonchev–Trinajstić information content (AvgIpc) is 2.55. The minimum atomic E-state index is -0.388. The fraction of sp³-hybridized carbons (Fsp3) is 1.00. The van der Waals surface area contributed by atoms with E-state index in [1.165, 1.54) is 0 Å². The maximum absolute atomic E-state index is 10.1. The molecule has 0 bridgehead atoms. The minimum Gasteiger partial charge on any atom is -0.389 e. The summed E-state index contributed by atoms with van der Waals surface area (Å²) in [6.45, 7) is 1.62. The number of ether oxygens (including phenoxy) is 1. The van der Waals surface area contributed by atoms with Crippen molar-refractivity contribution in [1.82, 2.24) is 0 Å². The molecule has 2 unspecified atom stereocenters. The molecule has 2 nitrogen and oxygen atoms in total. The van der Waals surface area contributed by atoms with E-state index in [-0.39, 0.29) is 5.60 Å². The summed E-state index contributed by atoms with van der Waals surface area (Å²) in [5, 5.41) is 10.1. The third kappa shape index (κ3) is 1.42. The largest absolute Gasteiger partial charge is 0.389 e. The maximum atomic E-state index is 10.1. The van der Waals surface area contributed by atoms with Gasteiger partial charge in [-0.15, -0.1) is 0 Å². The molecule has 0 saturated carbocycles. The Morgan fingerprint density at radius 2 is 2.45 bits per heavy atom.